The quantitative estimate of drug-likeness (QED) is 0.583. The summed E-state index contributed by atoms with van der Waals surface area (Å²) in [4.78, 5) is 10.4. The molecule has 10 heavy (non-hydrogen) atoms. The number of ether oxygens (including phenoxy) is 1. The number of methoxy groups -OCH3 is 1. The molecule has 0 saturated heterocycles. The van der Waals surface area contributed by atoms with Crippen molar-refractivity contribution < 1.29 is 9.53 Å². The summed E-state index contributed by atoms with van der Waals surface area (Å²) in [6, 6.07) is 0. The molecule has 0 aliphatic rings. The van der Waals surface area contributed by atoms with Gasteiger partial charge in [-0.15, -0.1) is 0 Å². The van der Waals surface area contributed by atoms with Crippen LogP contribution < -0.4 is 5.73 Å². The second kappa shape index (κ2) is 4.06. The molecule has 58 valence electrons. The van der Waals surface area contributed by atoms with Crippen molar-refractivity contribution in [2.45, 2.75) is 20.0 Å². The Morgan fingerprint density at radius 1 is 1.70 bits per heavy atom. The molecule has 0 fully saturated rings. The predicted octanol–water partition coefficient (Wildman–Crippen LogP) is 0.453. The van der Waals surface area contributed by atoms with Crippen molar-refractivity contribution in [2.24, 2.45) is 5.73 Å². The average Bonchev–Trinajstić information content (AvgIpc) is 1.87. The third-order valence-electron chi connectivity index (χ3n) is 1.25. The minimum Gasteiger partial charge on any atom is -0.378 e. The van der Waals surface area contributed by atoms with Crippen LogP contribution in [0.5, 0.6) is 0 Å². The Bertz CT molecular complexity index is 152. The van der Waals surface area contributed by atoms with Gasteiger partial charge in [0.15, 0.2) is 0 Å². The van der Waals surface area contributed by atoms with Gasteiger partial charge >= 0.3 is 0 Å². The van der Waals surface area contributed by atoms with Crippen molar-refractivity contribution >= 4 is 5.91 Å². The summed E-state index contributed by atoms with van der Waals surface area (Å²) in [6.07, 6.45) is 1.63. The lowest BCUT2D eigenvalue weighted by Gasteiger charge is -2.02. The van der Waals surface area contributed by atoms with Crippen molar-refractivity contribution in [1.29, 1.82) is 0 Å². The Morgan fingerprint density at radius 3 is 2.50 bits per heavy atom. The van der Waals surface area contributed by atoms with E-state index in [4.69, 9.17) is 10.5 Å². The van der Waals surface area contributed by atoms with Crippen molar-refractivity contribution in [3.05, 3.63) is 11.6 Å². The highest BCUT2D eigenvalue weighted by Crippen LogP contribution is 1.96. The first-order chi connectivity index (χ1) is 4.57. The van der Waals surface area contributed by atoms with Crippen LogP contribution in [0.25, 0.3) is 0 Å². The molecular formula is C7H13NO2. The Hall–Kier alpha value is -0.830. The molecule has 0 aromatic rings. The molecular weight excluding hydrogens is 130 g/mol. The molecule has 0 heterocycles. The van der Waals surface area contributed by atoms with Crippen LogP contribution in [0.15, 0.2) is 11.6 Å². The topological polar surface area (TPSA) is 52.3 Å². The largest absolute Gasteiger partial charge is 0.378 e. The molecule has 0 aromatic heterocycles. The van der Waals surface area contributed by atoms with E-state index in [2.05, 4.69) is 0 Å². The number of carbonyl (C=O) groups excluding carboxylic acids is 1. The van der Waals surface area contributed by atoms with Gasteiger partial charge < -0.3 is 10.5 Å². The smallest absolute Gasteiger partial charge is 0.244 e. The number of amides is 1. The number of hydrogen-bond acceptors (Lipinski definition) is 2. The molecule has 0 radical (unpaired) electrons. The van der Waals surface area contributed by atoms with Crippen molar-refractivity contribution in [2.75, 3.05) is 7.11 Å². The van der Waals surface area contributed by atoms with Crippen LogP contribution in [0, 0.1) is 0 Å². The van der Waals surface area contributed by atoms with Crippen LogP contribution in [0.3, 0.4) is 0 Å². The van der Waals surface area contributed by atoms with E-state index in [1.807, 2.05) is 6.92 Å². The molecule has 3 nitrogen and oxygen atoms in total. The van der Waals surface area contributed by atoms with Gasteiger partial charge in [0.05, 0.1) is 6.10 Å². The first-order valence-corrected chi connectivity index (χ1v) is 3.09. The van der Waals surface area contributed by atoms with Crippen LogP contribution in [-0.4, -0.2) is 19.1 Å². The van der Waals surface area contributed by atoms with Crippen molar-refractivity contribution in [3.8, 4) is 0 Å². The molecule has 3 heteroatoms. The fraction of sp³-hybridized carbons (Fsp3) is 0.571. The van der Waals surface area contributed by atoms with Gasteiger partial charge in [0.1, 0.15) is 0 Å². The van der Waals surface area contributed by atoms with E-state index in [0.717, 1.165) is 0 Å². The predicted molar refractivity (Wildman–Crippen MR) is 39.4 cm³/mol. The Balaban J connectivity index is 4.02. The standard InChI is InChI=1S/C7H13NO2/c1-5(7(8)9)4-6(2)10-3/h4,6H,1-3H3,(H2,8,9)/b5-4-. The zero-order valence-electron chi connectivity index (χ0n) is 6.55. The normalized spacial score (nSPS) is 14.9. The summed E-state index contributed by atoms with van der Waals surface area (Å²) in [7, 11) is 1.58. The van der Waals surface area contributed by atoms with Crippen LogP contribution in [0.2, 0.25) is 0 Å². The molecule has 0 spiro atoms. The number of hydrogen-bond donors (Lipinski definition) is 1. The molecule has 1 amide bonds. The maximum Gasteiger partial charge on any atom is 0.244 e. The van der Waals surface area contributed by atoms with Gasteiger partial charge in [-0.05, 0) is 19.9 Å². The number of nitrogens with two attached hydrogens (primary N) is 1. The molecule has 1 atom stereocenters. The highest BCUT2D eigenvalue weighted by molar-refractivity contribution is 5.91. The molecule has 0 saturated carbocycles. The van der Waals surface area contributed by atoms with Crippen LogP contribution in [0.4, 0.5) is 0 Å². The third-order valence-corrected chi connectivity index (χ3v) is 1.25. The summed E-state index contributed by atoms with van der Waals surface area (Å²) in [5.41, 5.74) is 5.51. The first kappa shape index (κ1) is 9.17. The van der Waals surface area contributed by atoms with Crippen molar-refractivity contribution in [1.82, 2.24) is 0 Å². The zero-order valence-corrected chi connectivity index (χ0v) is 6.55. The molecule has 0 aliphatic heterocycles. The zero-order chi connectivity index (χ0) is 8.15. The Morgan fingerprint density at radius 2 is 2.20 bits per heavy atom. The van der Waals surface area contributed by atoms with Gasteiger partial charge in [0, 0.05) is 12.7 Å². The summed E-state index contributed by atoms with van der Waals surface area (Å²) < 4.78 is 4.89. The lowest BCUT2D eigenvalue weighted by molar-refractivity contribution is -0.114. The van der Waals surface area contributed by atoms with Gasteiger partial charge in [-0.25, -0.2) is 0 Å². The number of rotatable bonds is 3. The number of carbonyl (C=O) groups is 1. The second-order valence-corrected chi connectivity index (χ2v) is 2.15. The molecule has 1 unspecified atom stereocenters. The van der Waals surface area contributed by atoms with Crippen LogP contribution >= 0.6 is 0 Å². The van der Waals surface area contributed by atoms with E-state index in [-0.39, 0.29) is 6.10 Å². The lowest BCUT2D eigenvalue weighted by Crippen LogP contribution is -2.14. The van der Waals surface area contributed by atoms with E-state index >= 15 is 0 Å². The lowest BCUT2D eigenvalue weighted by atomic mass is 10.2. The maximum absolute atomic E-state index is 10.4. The SMILES string of the molecule is COC(C)/C=C(/C)C(N)=O. The molecule has 2 N–H and O–H groups in total. The third kappa shape index (κ3) is 3.25. The maximum atomic E-state index is 10.4. The highest BCUT2D eigenvalue weighted by Gasteiger charge is 1.99. The van der Waals surface area contributed by atoms with Gasteiger partial charge in [-0.1, -0.05) is 0 Å². The fourth-order valence-electron chi connectivity index (χ4n) is 0.502. The van der Waals surface area contributed by atoms with E-state index < -0.39 is 5.91 Å². The molecule has 0 aliphatic carbocycles. The van der Waals surface area contributed by atoms with Gasteiger partial charge in [0.25, 0.3) is 0 Å². The summed E-state index contributed by atoms with van der Waals surface area (Å²) in [5, 5.41) is 0. The minimum atomic E-state index is -0.399. The van der Waals surface area contributed by atoms with E-state index in [1.54, 1.807) is 20.1 Å². The fourth-order valence-corrected chi connectivity index (χ4v) is 0.502. The molecule has 0 aromatic carbocycles. The summed E-state index contributed by atoms with van der Waals surface area (Å²) >= 11 is 0. The minimum absolute atomic E-state index is 0.0486. The van der Waals surface area contributed by atoms with E-state index in [1.165, 1.54) is 0 Å². The van der Waals surface area contributed by atoms with Crippen LogP contribution in [-0.2, 0) is 9.53 Å². The monoisotopic (exact) mass is 143 g/mol. The van der Waals surface area contributed by atoms with Gasteiger partial charge in [0.2, 0.25) is 5.91 Å². The first-order valence-electron chi connectivity index (χ1n) is 3.09. The highest BCUT2D eigenvalue weighted by atomic mass is 16.5. The molecule has 0 bridgehead atoms. The summed E-state index contributed by atoms with van der Waals surface area (Å²) in [5.74, 6) is -0.399. The Kier molecular flexibility index (Phi) is 3.72. The number of primary amides is 1. The van der Waals surface area contributed by atoms with Crippen LogP contribution in [0.1, 0.15) is 13.8 Å². The Labute approximate surface area is 60.9 Å². The van der Waals surface area contributed by atoms with Gasteiger partial charge in [-0.3, -0.25) is 4.79 Å². The van der Waals surface area contributed by atoms with Crippen molar-refractivity contribution in [3.63, 3.8) is 0 Å². The average molecular weight is 143 g/mol. The van der Waals surface area contributed by atoms with E-state index in [9.17, 15) is 4.79 Å². The second-order valence-electron chi connectivity index (χ2n) is 2.15. The molecule has 0 rings (SSSR count). The van der Waals surface area contributed by atoms with Gasteiger partial charge in [-0.2, -0.15) is 0 Å². The summed E-state index contributed by atoms with van der Waals surface area (Å²) in [6.45, 7) is 3.50. The van der Waals surface area contributed by atoms with E-state index in [0.29, 0.717) is 5.57 Å².